The number of halogens is 3. The zero-order chi connectivity index (χ0) is 8.32. The number of benzene rings is 1. The number of rotatable bonds is 1. The van der Waals surface area contributed by atoms with Crippen molar-refractivity contribution in [1.82, 2.24) is 0 Å². The van der Waals surface area contributed by atoms with E-state index in [2.05, 4.69) is 10.8 Å². The summed E-state index contributed by atoms with van der Waals surface area (Å²) in [7, 11) is 0. The Kier molecular flexibility index (Phi) is 4.40. The number of ether oxygens (including phenoxy) is 1. The van der Waals surface area contributed by atoms with Crippen LogP contribution in [0.4, 0.5) is 13.2 Å². The fraction of sp³-hybridized carbons (Fsp3) is 0.143. The van der Waals surface area contributed by atoms with E-state index < -0.39 is 6.36 Å². The van der Waals surface area contributed by atoms with E-state index in [0.717, 1.165) is 0 Å². The molecule has 0 aliphatic rings. The first-order valence-electron chi connectivity index (χ1n) is 2.80. The van der Waals surface area contributed by atoms with Crippen LogP contribution < -0.4 is 4.74 Å². The molecule has 1 aromatic carbocycles. The fourth-order valence-corrected chi connectivity index (χ4v) is 0.573. The molecular weight excluding hydrogens is 181 g/mol. The fourth-order valence-electron chi connectivity index (χ4n) is 0.573. The van der Waals surface area contributed by atoms with Crippen LogP contribution in [0.1, 0.15) is 0 Å². The molecule has 0 bridgehead atoms. The van der Waals surface area contributed by atoms with Gasteiger partial charge in [-0.3, -0.25) is 0 Å². The minimum absolute atomic E-state index is 0. The van der Waals surface area contributed by atoms with Gasteiger partial charge in [-0.25, -0.2) is 0 Å². The van der Waals surface area contributed by atoms with Gasteiger partial charge in [0.15, 0.2) is 0 Å². The summed E-state index contributed by atoms with van der Waals surface area (Å²) < 4.78 is 38.1. The van der Waals surface area contributed by atoms with E-state index in [9.17, 15) is 13.2 Å². The van der Waals surface area contributed by atoms with Crippen LogP contribution in [0, 0.1) is 6.07 Å². The first-order chi connectivity index (χ1) is 5.08. The zero-order valence-corrected chi connectivity index (χ0v) is 5.35. The second-order valence-corrected chi connectivity index (χ2v) is 1.78. The van der Waals surface area contributed by atoms with E-state index in [0.29, 0.717) is 0 Å². The monoisotopic (exact) mass is 187 g/mol. The van der Waals surface area contributed by atoms with Crippen molar-refractivity contribution in [3.05, 3.63) is 30.3 Å². The van der Waals surface area contributed by atoms with Crippen molar-refractivity contribution in [1.29, 1.82) is 0 Å². The maximum Gasteiger partial charge on any atom is 0.573 e. The van der Waals surface area contributed by atoms with E-state index in [-0.39, 0.29) is 28.8 Å². The van der Waals surface area contributed by atoms with Gasteiger partial charge in [-0.2, -0.15) is 0 Å². The van der Waals surface area contributed by atoms with Gasteiger partial charge < -0.3 is 4.74 Å². The van der Waals surface area contributed by atoms with Gasteiger partial charge in [0.1, 0.15) is 5.75 Å². The Hall–Kier alpha value is -0.424. The molecule has 63 valence electrons. The van der Waals surface area contributed by atoms with Gasteiger partial charge in [-0.1, -0.05) is 12.1 Å². The van der Waals surface area contributed by atoms with Gasteiger partial charge in [-0.15, -0.1) is 13.2 Å². The quantitative estimate of drug-likeness (QED) is 0.605. The molecule has 0 spiro atoms. The van der Waals surface area contributed by atoms with Crippen LogP contribution in [0.2, 0.25) is 0 Å². The minimum atomic E-state index is -4.61. The molecule has 0 saturated carbocycles. The molecule has 0 unspecified atom stereocenters. The molecule has 0 aromatic heterocycles. The van der Waals surface area contributed by atoms with Gasteiger partial charge in [0, 0.05) is 0 Å². The SMILES string of the molecule is FC(F)(F)Oc1cc[c]cc1.[MgH2]. The largest absolute Gasteiger partial charge is 0.573 e. The summed E-state index contributed by atoms with van der Waals surface area (Å²) in [4.78, 5) is 0. The van der Waals surface area contributed by atoms with Gasteiger partial charge >= 0.3 is 29.4 Å². The van der Waals surface area contributed by atoms with Crippen LogP contribution in [-0.2, 0) is 0 Å². The van der Waals surface area contributed by atoms with Gasteiger partial charge in [0.2, 0.25) is 0 Å². The first kappa shape index (κ1) is 11.6. The Balaban J connectivity index is 0.00000121. The Bertz CT molecular complexity index is 222. The molecule has 12 heavy (non-hydrogen) atoms. The van der Waals surface area contributed by atoms with Crippen LogP contribution >= 0.6 is 0 Å². The maximum atomic E-state index is 11.5. The Labute approximate surface area is 83.7 Å². The Morgan fingerprint density at radius 2 is 1.67 bits per heavy atom. The van der Waals surface area contributed by atoms with Crippen molar-refractivity contribution in [3.63, 3.8) is 0 Å². The lowest BCUT2D eigenvalue weighted by molar-refractivity contribution is -0.274. The van der Waals surface area contributed by atoms with Crippen LogP contribution in [-0.4, -0.2) is 29.4 Å². The molecule has 0 aliphatic carbocycles. The van der Waals surface area contributed by atoms with Gasteiger partial charge in [0.25, 0.3) is 0 Å². The molecule has 5 heteroatoms. The second kappa shape index (κ2) is 4.56. The predicted molar refractivity (Wildman–Crippen MR) is 40.5 cm³/mol. The van der Waals surface area contributed by atoms with Crippen molar-refractivity contribution < 1.29 is 17.9 Å². The topological polar surface area (TPSA) is 9.23 Å². The van der Waals surface area contributed by atoms with E-state index in [1.165, 1.54) is 24.3 Å². The van der Waals surface area contributed by atoms with E-state index in [1.54, 1.807) is 0 Å². The summed E-state index contributed by atoms with van der Waals surface area (Å²) in [6.07, 6.45) is -4.61. The highest BCUT2D eigenvalue weighted by Gasteiger charge is 2.30. The molecule has 0 N–H and O–H groups in total. The summed E-state index contributed by atoms with van der Waals surface area (Å²) in [6, 6.07) is 7.64. The summed E-state index contributed by atoms with van der Waals surface area (Å²) in [6.45, 7) is 0. The first-order valence-corrected chi connectivity index (χ1v) is 2.80. The number of alkyl halides is 3. The molecular formula is C7H6F3MgO. The van der Waals surface area contributed by atoms with Crippen molar-refractivity contribution in [2.24, 2.45) is 0 Å². The Morgan fingerprint density at radius 1 is 1.17 bits per heavy atom. The summed E-state index contributed by atoms with van der Waals surface area (Å²) >= 11 is 0. The normalized spacial score (nSPS) is 10.2. The Morgan fingerprint density at radius 3 is 2.08 bits per heavy atom. The highest BCUT2D eigenvalue weighted by atomic mass is 24.3. The van der Waals surface area contributed by atoms with Crippen molar-refractivity contribution in [2.75, 3.05) is 0 Å². The smallest absolute Gasteiger partial charge is 0.406 e. The molecule has 0 amide bonds. The third-order valence-electron chi connectivity index (χ3n) is 0.921. The summed E-state index contributed by atoms with van der Waals surface area (Å²) in [5, 5.41) is 0. The van der Waals surface area contributed by atoms with Crippen LogP contribution in [0.5, 0.6) is 5.75 Å². The highest BCUT2D eigenvalue weighted by molar-refractivity contribution is 5.75. The lowest BCUT2D eigenvalue weighted by Gasteiger charge is -2.07. The number of hydrogen-bond acceptors (Lipinski definition) is 1. The zero-order valence-electron chi connectivity index (χ0n) is 5.35. The molecule has 1 aromatic rings. The van der Waals surface area contributed by atoms with Crippen molar-refractivity contribution >= 4 is 23.1 Å². The molecule has 0 heterocycles. The summed E-state index contributed by atoms with van der Waals surface area (Å²) in [5.41, 5.74) is 0. The molecule has 0 atom stereocenters. The van der Waals surface area contributed by atoms with Gasteiger partial charge in [-0.05, 0) is 18.2 Å². The highest BCUT2D eigenvalue weighted by Crippen LogP contribution is 2.21. The van der Waals surface area contributed by atoms with Crippen LogP contribution in [0.25, 0.3) is 0 Å². The predicted octanol–water partition coefficient (Wildman–Crippen LogP) is 1.47. The van der Waals surface area contributed by atoms with Crippen molar-refractivity contribution in [2.45, 2.75) is 6.36 Å². The minimum Gasteiger partial charge on any atom is -0.406 e. The lowest BCUT2D eigenvalue weighted by Crippen LogP contribution is -2.16. The standard InChI is InChI=1S/C7H4F3O.Mg.2H/c8-7(9,10)11-6-4-2-1-3-5-6;;;/h2-5H;;;. The molecule has 1 radical (unpaired) electrons. The molecule has 0 aliphatic heterocycles. The lowest BCUT2D eigenvalue weighted by atomic mass is 10.3. The van der Waals surface area contributed by atoms with E-state index in [4.69, 9.17) is 0 Å². The van der Waals surface area contributed by atoms with E-state index in [1.807, 2.05) is 0 Å². The third kappa shape index (κ3) is 4.45. The van der Waals surface area contributed by atoms with Crippen LogP contribution in [0.3, 0.4) is 0 Å². The molecule has 0 fully saturated rings. The number of hydrogen-bond donors (Lipinski definition) is 0. The summed E-state index contributed by atoms with van der Waals surface area (Å²) in [5.74, 6) is -0.226. The average molecular weight is 187 g/mol. The van der Waals surface area contributed by atoms with Gasteiger partial charge in [0.05, 0.1) is 0 Å². The van der Waals surface area contributed by atoms with Crippen molar-refractivity contribution in [3.8, 4) is 5.75 Å². The van der Waals surface area contributed by atoms with Crippen LogP contribution in [0.15, 0.2) is 24.3 Å². The molecule has 0 saturated heterocycles. The van der Waals surface area contributed by atoms with E-state index >= 15 is 0 Å². The maximum absolute atomic E-state index is 11.5. The average Bonchev–Trinajstić information content (AvgIpc) is 1.85. The third-order valence-corrected chi connectivity index (χ3v) is 0.921. The molecule has 1 nitrogen and oxygen atoms in total. The second-order valence-electron chi connectivity index (χ2n) is 1.78. The molecule has 1 rings (SSSR count).